The Morgan fingerprint density at radius 1 is 1.13 bits per heavy atom. The second-order valence-corrected chi connectivity index (χ2v) is 5.68. The molecule has 0 aliphatic carbocycles. The van der Waals surface area contributed by atoms with Gasteiger partial charge in [-0.15, -0.1) is 0 Å². The van der Waals surface area contributed by atoms with E-state index >= 15 is 0 Å². The number of carbonyl (C=O) groups is 2. The van der Waals surface area contributed by atoms with Crippen molar-refractivity contribution in [3.8, 4) is 0 Å². The number of fused-ring (bicyclic) bond motifs is 1. The minimum absolute atomic E-state index is 0.350. The lowest BCUT2D eigenvalue weighted by Crippen LogP contribution is -2.12. The van der Waals surface area contributed by atoms with Crippen LogP contribution in [0, 0.1) is 5.82 Å². The molecule has 1 amide bonds. The number of thiazole rings is 1. The van der Waals surface area contributed by atoms with Crippen LogP contribution in [0.1, 0.15) is 20.7 Å². The van der Waals surface area contributed by atoms with Gasteiger partial charge in [-0.3, -0.25) is 10.1 Å². The van der Waals surface area contributed by atoms with Gasteiger partial charge >= 0.3 is 5.97 Å². The quantitative estimate of drug-likeness (QED) is 0.747. The Bertz CT molecular complexity index is 890. The molecule has 0 aliphatic heterocycles. The number of amides is 1. The molecular formula is C16H11FN2O3S. The summed E-state index contributed by atoms with van der Waals surface area (Å²) in [4.78, 5) is 27.7. The van der Waals surface area contributed by atoms with Gasteiger partial charge in [-0.1, -0.05) is 11.3 Å². The molecule has 116 valence electrons. The van der Waals surface area contributed by atoms with E-state index in [1.807, 2.05) is 0 Å². The molecule has 5 nitrogen and oxygen atoms in total. The number of hydrogen-bond donors (Lipinski definition) is 1. The highest BCUT2D eigenvalue weighted by atomic mass is 32.1. The van der Waals surface area contributed by atoms with E-state index in [4.69, 9.17) is 0 Å². The summed E-state index contributed by atoms with van der Waals surface area (Å²) in [6.07, 6.45) is 0. The summed E-state index contributed by atoms with van der Waals surface area (Å²) in [5, 5.41) is 3.04. The maximum Gasteiger partial charge on any atom is 0.337 e. The molecule has 1 aromatic heterocycles. The number of nitrogens with one attached hydrogen (secondary N) is 1. The van der Waals surface area contributed by atoms with Crippen molar-refractivity contribution in [1.29, 1.82) is 0 Å². The number of carbonyl (C=O) groups excluding carboxylic acids is 2. The Balaban J connectivity index is 1.78. The van der Waals surface area contributed by atoms with Crippen LogP contribution in [0.5, 0.6) is 0 Å². The van der Waals surface area contributed by atoms with Crippen LogP contribution < -0.4 is 5.32 Å². The van der Waals surface area contributed by atoms with Gasteiger partial charge in [-0.2, -0.15) is 0 Å². The van der Waals surface area contributed by atoms with Crippen LogP contribution in [0.3, 0.4) is 0 Å². The summed E-state index contributed by atoms with van der Waals surface area (Å²) >= 11 is 1.19. The molecule has 0 radical (unpaired) electrons. The predicted molar refractivity (Wildman–Crippen MR) is 85.3 cm³/mol. The molecular weight excluding hydrogens is 319 g/mol. The van der Waals surface area contributed by atoms with E-state index in [1.54, 1.807) is 6.07 Å². The van der Waals surface area contributed by atoms with Crippen molar-refractivity contribution >= 4 is 38.6 Å². The summed E-state index contributed by atoms with van der Waals surface area (Å²) in [7, 11) is 1.29. The average Bonchev–Trinajstić information content (AvgIpc) is 2.95. The van der Waals surface area contributed by atoms with Crippen LogP contribution in [0.4, 0.5) is 9.52 Å². The van der Waals surface area contributed by atoms with Crippen LogP contribution in [-0.2, 0) is 4.74 Å². The smallest absolute Gasteiger partial charge is 0.337 e. The van der Waals surface area contributed by atoms with Gasteiger partial charge in [0.25, 0.3) is 5.91 Å². The summed E-state index contributed by atoms with van der Waals surface area (Å²) in [5.41, 5.74) is 1.36. The molecule has 0 saturated carbocycles. The Labute approximate surface area is 134 Å². The monoisotopic (exact) mass is 330 g/mol. The Hall–Kier alpha value is -2.80. The first-order valence-electron chi connectivity index (χ1n) is 6.62. The van der Waals surface area contributed by atoms with Crippen LogP contribution in [-0.4, -0.2) is 24.0 Å². The van der Waals surface area contributed by atoms with Crippen LogP contribution in [0.2, 0.25) is 0 Å². The van der Waals surface area contributed by atoms with Crippen molar-refractivity contribution < 1.29 is 18.7 Å². The van der Waals surface area contributed by atoms with Gasteiger partial charge in [0.15, 0.2) is 5.13 Å². The third kappa shape index (κ3) is 3.19. The third-order valence-corrected chi connectivity index (χ3v) is 4.07. The number of anilines is 1. The van der Waals surface area contributed by atoms with Crippen molar-refractivity contribution in [3.63, 3.8) is 0 Å². The highest BCUT2D eigenvalue weighted by molar-refractivity contribution is 7.22. The lowest BCUT2D eigenvalue weighted by molar-refractivity contribution is 0.0600. The molecule has 3 aromatic rings. The van der Waals surface area contributed by atoms with Gasteiger partial charge in [0.1, 0.15) is 5.82 Å². The third-order valence-electron chi connectivity index (χ3n) is 3.14. The zero-order valence-corrected chi connectivity index (χ0v) is 12.8. The van der Waals surface area contributed by atoms with Crippen LogP contribution in [0.25, 0.3) is 10.2 Å². The van der Waals surface area contributed by atoms with Gasteiger partial charge < -0.3 is 4.74 Å². The fourth-order valence-corrected chi connectivity index (χ4v) is 2.88. The van der Waals surface area contributed by atoms with E-state index in [-0.39, 0.29) is 11.7 Å². The largest absolute Gasteiger partial charge is 0.465 e. The van der Waals surface area contributed by atoms with Crippen molar-refractivity contribution in [1.82, 2.24) is 4.98 Å². The minimum atomic E-state index is -0.467. The molecule has 0 unspecified atom stereocenters. The lowest BCUT2D eigenvalue weighted by Gasteiger charge is -2.03. The zero-order valence-electron chi connectivity index (χ0n) is 12.0. The molecule has 7 heteroatoms. The first-order chi connectivity index (χ1) is 11.1. The molecule has 0 fully saturated rings. The number of ether oxygens (including phenoxy) is 1. The number of aromatic nitrogens is 1. The minimum Gasteiger partial charge on any atom is -0.465 e. The van der Waals surface area contributed by atoms with Gasteiger partial charge in [-0.25, -0.2) is 14.2 Å². The summed E-state index contributed by atoms with van der Waals surface area (Å²) in [6, 6.07) is 10.3. The first kappa shape index (κ1) is 15.1. The Kier molecular flexibility index (Phi) is 4.03. The zero-order chi connectivity index (χ0) is 16.4. The number of halogens is 1. The van der Waals surface area contributed by atoms with E-state index in [9.17, 15) is 14.0 Å². The highest BCUT2D eigenvalue weighted by Gasteiger charge is 2.12. The Morgan fingerprint density at radius 3 is 2.52 bits per heavy atom. The van der Waals surface area contributed by atoms with E-state index in [1.165, 1.54) is 54.8 Å². The number of methoxy groups -OCH3 is 1. The summed E-state index contributed by atoms with van der Waals surface area (Å²) < 4.78 is 18.4. The van der Waals surface area contributed by atoms with E-state index in [2.05, 4.69) is 15.0 Å². The van der Waals surface area contributed by atoms with Crippen molar-refractivity contribution in [3.05, 3.63) is 59.4 Å². The van der Waals surface area contributed by atoms with Gasteiger partial charge in [0, 0.05) is 5.56 Å². The first-order valence-corrected chi connectivity index (χ1v) is 7.44. The van der Waals surface area contributed by atoms with Crippen molar-refractivity contribution in [2.75, 3.05) is 12.4 Å². The molecule has 0 saturated heterocycles. The second kappa shape index (κ2) is 6.13. The number of esters is 1. The molecule has 2 aromatic carbocycles. The second-order valence-electron chi connectivity index (χ2n) is 4.65. The fourth-order valence-electron chi connectivity index (χ4n) is 2.00. The highest BCUT2D eigenvalue weighted by Crippen LogP contribution is 2.26. The predicted octanol–water partition coefficient (Wildman–Crippen LogP) is 3.47. The van der Waals surface area contributed by atoms with Gasteiger partial charge in [0.05, 0.1) is 22.9 Å². The molecule has 0 bridgehead atoms. The molecule has 23 heavy (non-hydrogen) atoms. The number of hydrogen-bond acceptors (Lipinski definition) is 5. The van der Waals surface area contributed by atoms with Gasteiger partial charge in [0.2, 0.25) is 0 Å². The normalized spacial score (nSPS) is 10.5. The summed E-state index contributed by atoms with van der Waals surface area (Å²) in [6.45, 7) is 0. The van der Waals surface area contributed by atoms with Crippen LogP contribution >= 0.6 is 11.3 Å². The molecule has 3 rings (SSSR count). The lowest BCUT2D eigenvalue weighted by atomic mass is 10.1. The number of benzene rings is 2. The number of nitrogens with zero attached hydrogens (tertiary/aromatic N) is 1. The van der Waals surface area contributed by atoms with E-state index in [0.717, 1.165) is 0 Å². The SMILES string of the molecule is COC(=O)c1ccc(C(=O)Nc2nc3ccc(F)cc3s2)cc1. The molecule has 0 spiro atoms. The topological polar surface area (TPSA) is 68.3 Å². The molecule has 0 atom stereocenters. The summed E-state index contributed by atoms with van der Waals surface area (Å²) in [5.74, 6) is -1.18. The molecule has 0 aliphatic rings. The van der Waals surface area contributed by atoms with Gasteiger partial charge in [-0.05, 0) is 42.5 Å². The standard InChI is InChI=1S/C16H11FN2O3S/c1-22-15(21)10-4-2-9(3-5-10)14(20)19-16-18-12-7-6-11(17)8-13(12)23-16/h2-8H,1H3,(H,18,19,20). The van der Waals surface area contributed by atoms with Crippen molar-refractivity contribution in [2.45, 2.75) is 0 Å². The van der Waals surface area contributed by atoms with E-state index < -0.39 is 5.97 Å². The fraction of sp³-hybridized carbons (Fsp3) is 0.0625. The maximum absolute atomic E-state index is 13.2. The average molecular weight is 330 g/mol. The molecule has 1 N–H and O–H groups in total. The van der Waals surface area contributed by atoms with Crippen molar-refractivity contribution in [2.24, 2.45) is 0 Å². The number of rotatable bonds is 3. The maximum atomic E-state index is 13.2. The molecule has 1 heterocycles. The van der Waals surface area contributed by atoms with E-state index in [0.29, 0.717) is 26.5 Å². The Morgan fingerprint density at radius 2 is 1.83 bits per heavy atom. The van der Waals surface area contributed by atoms with Crippen LogP contribution in [0.15, 0.2) is 42.5 Å².